The largest absolute Gasteiger partial charge is 0.466 e. The summed E-state index contributed by atoms with van der Waals surface area (Å²) in [4.78, 5) is 25.7. The second-order valence-corrected chi connectivity index (χ2v) is 6.08. The van der Waals surface area contributed by atoms with Gasteiger partial charge in [0.1, 0.15) is 11.6 Å². The third kappa shape index (κ3) is 2.31. The van der Waals surface area contributed by atoms with Crippen LogP contribution in [-0.4, -0.2) is 16.8 Å². The van der Waals surface area contributed by atoms with E-state index in [1.165, 1.54) is 12.3 Å². The normalized spacial score (nSPS) is 21.3. The number of furan rings is 1. The highest BCUT2D eigenvalue weighted by molar-refractivity contribution is 9.10. The molecule has 0 bridgehead atoms. The Hall–Kier alpha value is -2.15. The fourth-order valence-corrected chi connectivity index (χ4v) is 2.81. The van der Waals surface area contributed by atoms with Crippen molar-refractivity contribution in [1.82, 2.24) is 10.2 Å². The van der Waals surface area contributed by atoms with Crippen molar-refractivity contribution < 1.29 is 18.4 Å². The Labute approximate surface area is 134 Å². The summed E-state index contributed by atoms with van der Waals surface area (Å²) in [6.07, 6.45) is 1.43. The van der Waals surface area contributed by atoms with Gasteiger partial charge in [0, 0.05) is 10.0 Å². The summed E-state index contributed by atoms with van der Waals surface area (Å²) >= 11 is 3.24. The zero-order valence-corrected chi connectivity index (χ0v) is 13.2. The van der Waals surface area contributed by atoms with Crippen molar-refractivity contribution >= 4 is 27.9 Å². The average molecular weight is 367 g/mol. The molecule has 0 aliphatic carbocycles. The zero-order valence-electron chi connectivity index (χ0n) is 11.6. The van der Waals surface area contributed by atoms with E-state index >= 15 is 0 Å². The summed E-state index contributed by atoms with van der Waals surface area (Å²) in [5.74, 6) is -0.620. The molecule has 1 unspecified atom stereocenters. The molecule has 7 heteroatoms. The molecule has 114 valence electrons. The Morgan fingerprint density at radius 1 is 1.36 bits per heavy atom. The van der Waals surface area contributed by atoms with Crippen molar-refractivity contribution in [2.45, 2.75) is 19.0 Å². The molecule has 1 atom stereocenters. The molecule has 1 aromatic heterocycles. The number of imide groups is 1. The number of amides is 3. The molecule has 0 spiro atoms. The van der Waals surface area contributed by atoms with Crippen LogP contribution in [0, 0.1) is 5.82 Å². The van der Waals surface area contributed by atoms with Crippen LogP contribution >= 0.6 is 15.9 Å². The molecule has 1 aliphatic rings. The van der Waals surface area contributed by atoms with Gasteiger partial charge in [-0.1, -0.05) is 15.9 Å². The second-order valence-electron chi connectivity index (χ2n) is 5.16. The highest BCUT2D eigenvalue weighted by Crippen LogP contribution is 2.30. The van der Waals surface area contributed by atoms with Gasteiger partial charge in [-0.15, -0.1) is 0 Å². The Kier molecular flexibility index (Phi) is 3.52. The summed E-state index contributed by atoms with van der Waals surface area (Å²) in [5, 5.41) is 2.60. The molecule has 22 heavy (non-hydrogen) atoms. The first-order valence-corrected chi connectivity index (χ1v) is 7.33. The number of halogens is 2. The van der Waals surface area contributed by atoms with E-state index in [0.29, 0.717) is 10.2 Å². The van der Waals surface area contributed by atoms with E-state index in [2.05, 4.69) is 21.2 Å². The predicted molar refractivity (Wildman–Crippen MR) is 79.2 cm³/mol. The topological polar surface area (TPSA) is 62.6 Å². The Bertz CT molecular complexity index is 747. The van der Waals surface area contributed by atoms with Crippen LogP contribution in [0.15, 0.2) is 45.5 Å². The molecule has 1 aliphatic heterocycles. The molecule has 3 amide bonds. The van der Waals surface area contributed by atoms with E-state index in [-0.39, 0.29) is 12.1 Å². The number of carbonyl (C=O) groups excluding carboxylic acids is 2. The maximum Gasteiger partial charge on any atom is 0.325 e. The Balaban J connectivity index is 1.91. The molecular formula is C15H12BrFN2O3. The van der Waals surface area contributed by atoms with Crippen molar-refractivity contribution in [2.75, 3.05) is 0 Å². The van der Waals surface area contributed by atoms with Gasteiger partial charge >= 0.3 is 6.03 Å². The minimum Gasteiger partial charge on any atom is -0.466 e. The lowest BCUT2D eigenvalue weighted by atomic mass is 9.99. The third-order valence-corrected chi connectivity index (χ3v) is 4.12. The van der Waals surface area contributed by atoms with Crippen LogP contribution in [-0.2, 0) is 16.9 Å². The molecule has 0 saturated carbocycles. The van der Waals surface area contributed by atoms with Crippen LogP contribution in [0.3, 0.4) is 0 Å². The number of nitrogens with zero attached hydrogens (tertiary/aromatic N) is 1. The van der Waals surface area contributed by atoms with Gasteiger partial charge in [0.15, 0.2) is 5.54 Å². The number of urea groups is 1. The minimum atomic E-state index is -1.27. The van der Waals surface area contributed by atoms with Gasteiger partial charge in [0.2, 0.25) is 0 Å². The molecular weight excluding hydrogens is 355 g/mol. The minimum absolute atomic E-state index is 0.147. The number of rotatable bonds is 3. The van der Waals surface area contributed by atoms with E-state index in [0.717, 1.165) is 4.90 Å². The summed E-state index contributed by atoms with van der Waals surface area (Å²) in [6, 6.07) is 7.04. The van der Waals surface area contributed by atoms with Crippen LogP contribution in [0.5, 0.6) is 0 Å². The van der Waals surface area contributed by atoms with Gasteiger partial charge in [-0.05, 0) is 37.3 Å². The van der Waals surface area contributed by atoms with E-state index in [1.54, 1.807) is 31.2 Å². The highest BCUT2D eigenvalue weighted by Gasteiger charge is 2.50. The quantitative estimate of drug-likeness (QED) is 0.848. The van der Waals surface area contributed by atoms with Crippen LogP contribution in [0.1, 0.15) is 18.2 Å². The van der Waals surface area contributed by atoms with Crippen molar-refractivity contribution in [1.29, 1.82) is 0 Å². The Morgan fingerprint density at radius 2 is 2.14 bits per heavy atom. The fourth-order valence-electron chi connectivity index (χ4n) is 2.41. The van der Waals surface area contributed by atoms with Gasteiger partial charge < -0.3 is 9.73 Å². The van der Waals surface area contributed by atoms with Crippen molar-refractivity contribution in [3.8, 4) is 0 Å². The van der Waals surface area contributed by atoms with E-state index in [1.807, 2.05) is 0 Å². The van der Waals surface area contributed by atoms with Gasteiger partial charge in [0.25, 0.3) is 5.91 Å². The summed E-state index contributed by atoms with van der Waals surface area (Å²) < 4.78 is 19.7. The van der Waals surface area contributed by atoms with Crippen LogP contribution < -0.4 is 5.32 Å². The number of benzene rings is 1. The SMILES string of the molecule is CC1(c2ccco2)NC(=O)N(Cc2cc(Br)ccc2F)C1=O. The average Bonchev–Trinajstić information content (AvgIpc) is 3.07. The number of nitrogens with one attached hydrogen (secondary N) is 1. The van der Waals surface area contributed by atoms with Crippen LogP contribution in [0.4, 0.5) is 9.18 Å². The standard InChI is InChI=1S/C15H12BrFN2O3/c1-15(12-3-2-6-22-12)13(20)19(14(21)18-15)8-9-7-10(16)4-5-11(9)17/h2-7H,8H2,1H3,(H,18,21). The monoisotopic (exact) mass is 366 g/mol. The predicted octanol–water partition coefficient (Wildman–Crippen LogP) is 3.15. The molecule has 2 heterocycles. The molecule has 1 fully saturated rings. The van der Waals surface area contributed by atoms with Gasteiger partial charge in [-0.2, -0.15) is 0 Å². The maximum atomic E-state index is 13.8. The molecule has 1 saturated heterocycles. The zero-order chi connectivity index (χ0) is 15.9. The van der Waals surface area contributed by atoms with Crippen LogP contribution in [0.2, 0.25) is 0 Å². The van der Waals surface area contributed by atoms with Crippen molar-refractivity contribution in [3.05, 3.63) is 58.2 Å². The van der Waals surface area contributed by atoms with Crippen molar-refractivity contribution in [3.63, 3.8) is 0 Å². The fraction of sp³-hybridized carbons (Fsp3) is 0.200. The van der Waals surface area contributed by atoms with Gasteiger partial charge in [0.05, 0.1) is 12.8 Å². The van der Waals surface area contributed by atoms with Crippen LogP contribution in [0.25, 0.3) is 0 Å². The smallest absolute Gasteiger partial charge is 0.325 e. The highest BCUT2D eigenvalue weighted by atomic mass is 79.9. The maximum absolute atomic E-state index is 13.8. The second kappa shape index (κ2) is 5.24. The lowest BCUT2D eigenvalue weighted by Gasteiger charge is -2.19. The lowest BCUT2D eigenvalue weighted by molar-refractivity contribution is -0.132. The summed E-state index contributed by atoms with van der Waals surface area (Å²) in [5.41, 5.74) is -1.02. The van der Waals surface area contributed by atoms with Gasteiger partial charge in [-0.25, -0.2) is 9.18 Å². The van der Waals surface area contributed by atoms with E-state index in [9.17, 15) is 14.0 Å². The number of hydrogen-bond acceptors (Lipinski definition) is 3. The first-order chi connectivity index (χ1) is 10.4. The summed E-state index contributed by atoms with van der Waals surface area (Å²) in [7, 11) is 0. The van der Waals surface area contributed by atoms with Crippen molar-refractivity contribution in [2.24, 2.45) is 0 Å². The van der Waals surface area contributed by atoms with E-state index < -0.39 is 23.3 Å². The molecule has 0 radical (unpaired) electrons. The summed E-state index contributed by atoms with van der Waals surface area (Å²) in [6.45, 7) is 1.41. The van der Waals surface area contributed by atoms with E-state index in [4.69, 9.17) is 4.42 Å². The molecule has 5 nitrogen and oxygen atoms in total. The molecule has 2 aromatic rings. The Morgan fingerprint density at radius 3 is 2.82 bits per heavy atom. The molecule has 1 N–H and O–H groups in total. The number of carbonyl (C=O) groups is 2. The molecule has 1 aromatic carbocycles. The third-order valence-electron chi connectivity index (χ3n) is 3.63. The first kappa shape index (κ1) is 14.8. The van der Waals surface area contributed by atoms with Gasteiger partial charge in [-0.3, -0.25) is 9.69 Å². The number of hydrogen-bond donors (Lipinski definition) is 1. The lowest BCUT2D eigenvalue weighted by Crippen LogP contribution is -2.40. The first-order valence-electron chi connectivity index (χ1n) is 6.54. The molecule has 3 rings (SSSR count).